The zero-order chi connectivity index (χ0) is 31.2. The first kappa shape index (κ1) is 31.1. The summed E-state index contributed by atoms with van der Waals surface area (Å²) in [5.41, 5.74) is 3.17. The minimum absolute atomic E-state index is 0.136. The Labute approximate surface area is 259 Å². The second kappa shape index (κ2) is 13.9. The molecule has 5 rings (SSSR count). The molecule has 2 saturated heterocycles. The number of nitrogens with one attached hydrogen (secondary N) is 2. The quantitative estimate of drug-likeness (QED) is 0.350. The van der Waals surface area contributed by atoms with Gasteiger partial charge in [0.2, 0.25) is 5.91 Å². The summed E-state index contributed by atoms with van der Waals surface area (Å²) in [4.78, 5) is 47.1. The molecule has 0 spiro atoms. The van der Waals surface area contributed by atoms with Gasteiger partial charge in [0.05, 0.1) is 26.2 Å². The normalized spacial score (nSPS) is 21.5. The predicted molar refractivity (Wildman–Crippen MR) is 169 cm³/mol. The molecule has 2 heterocycles. The number of ketones is 1. The first-order valence-corrected chi connectivity index (χ1v) is 15.3. The van der Waals surface area contributed by atoms with Gasteiger partial charge in [0, 0.05) is 44.2 Å². The molecule has 0 bridgehead atoms. The van der Waals surface area contributed by atoms with Crippen molar-refractivity contribution in [2.24, 2.45) is 5.92 Å². The first-order chi connectivity index (χ1) is 21.4. The van der Waals surface area contributed by atoms with Gasteiger partial charge in [-0.3, -0.25) is 9.59 Å². The Morgan fingerprint density at radius 3 is 1.98 bits per heavy atom. The van der Waals surface area contributed by atoms with Crippen LogP contribution in [0, 0.1) is 12.8 Å². The summed E-state index contributed by atoms with van der Waals surface area (Å²) < 4.78 is 10.8. The number of likely N-dealkylation sites (tertiary alicyclic amines) is 1. The lowest BCUT2D eigenvalue weighted by Gasteiger charge is -2.36. The molecule has 9 heteroatoms. The Morgan fingerprint density at radius 2 is 1.41 bits per heavy atom. The van der Waals surface area contributed by atoms with Crippen LogP contribution in [0.2, 0.25) is 0 Å². The first-order valence-electron chi connectivity index (χ1n) is 15.3. The number of aryl methyl sites for hydroxylation is 1. The maximum atomic E-state index is 14.8. The molecule has 3 aromatic rings. The Balaban J connectivity index is 1.74. The van der Waals surface area contributed by atoms with E-state index in [1.54, 1.807) is 43.4 Å². The smallest absolute Gasteiger partial charge is 0.318 e. The summed E-state index contributed by atoms with van der Waals surface area (Å²) in [5.74, 6) is -0.339. The summed E-state index contributed by atoms with van der Waals surface area (Å²) in [6, 6.07) is 20.5. The number of urea groups is 1. The van der Waals surface area contributed by atoms with Crippen LogP contribution in [-0.2, 0) is 4.79 Å². The van der Waals surface area contributed by atoms with Gasteiger partial charge in [-0.25, -0.2) is 4.79 Å². The number of piperazine rings is 1. The molecule has 4 atom stereocenters. The van der Waals surface area contributed by atoms with Crippen LogP contribution in [0.25, 0.3) is 0 Å². The minimum atomic E-state index is -0.906. The van der Waals surface area contributed by atoms with E-state index < -0.39 is 23.9 Å². The van der Waals surface area contributed by atoms with Crippen molar-refractivity contribution in [3.05, 3.63) is 95.1 Å². The maximum absolute atomic E-state index is 14.8. The number of methoxy groups -OCH3 is 2. The lowest BCUT2D eigenvalue weighted by molar-refractivity contribution is -0.136. The highest BCUT2D eigenvalue weighted by atomic mass is 16.5. The van der Waals surface area contributed by atoms with Crippen molar-refractivity contribution in [1.82, 2.24) is 20.4 Å². The summed E-state index contributed by atoms with van der Waals surface area (Å²) in [5, 5.41) is 6.34. The van der Waals surface area contributed by atoms with Crippen LogP contribution in [-0.4, -0.2) is 80.5 Å². The fourth-order valence-corrected chi connectivity index (χ4v) is 6.43. The molecule has 3 amide bonds. The van der Waals surface area contributed by atoms with E-state index in [0.29, 0.717) is 49.8 Å². The lowest BCUT2D eigenvalue weighted by Crippen LogP contribution is -2.56. The molecule has 0 aromatic heterocycles. The fraction of sp³-hybridized carbons (Fsp3) is 0.400. The zero-order valence-corrected chi connectivity index (χ0v) is 25.9. The van der Waals surface area contributed by atoms with Crippen LogP contribution < -0.4 is 20.1 Å². The topological polar surface area (TPSA) is 100 Å². The van der Waals surface area contributed by atoms with Crippen molar-refractivity contribution >= 4 is 17.7 Å². The summed E-state index contributed by atoms with van der Waals surface area (Å²) in [6.45, 7) is 6.84. The van der Waals surface area contributed by atoms with Gasteiger partial charge in [0.15, 0.2) is 5.78 Å². The number of hydrogen-bond acceptors (Lipinski definition) is 6. The molecule has 0 aliphatic carbocycles. The molecule has 2 fully saturated rings. The number of amides is 3. The van der Waals surface area contributed by atoms with E-state index in [2.05, 4.69) is 10.6 Å². The van der Waals surface area contributed by atoms with E-state index >= 15 is 0 Å². The van der Waals surface area contributed by atoms with Crippen molar-refractivity contribution in [3.8, 4) is 11.5 Å². The SMILES string of the molecule is CCCNC(=O)N1C(C(=O)N2CCNCC2)C(c2ccc(OC)cc2)C(C(=O)c2ccc(OC)cc2)C1c1ccc(C)cc1. The van der Waals surface area contributed by atoms with Crippen molar-refractivity contribution in [3.63, 3.8) is 0 Å². The van der Waals surface area contributed by atoms with Gasteiger partial charge < -0.3 is 29.9 Å². The fourth-order valence-electron chi connectivity index (χ4n) is 6.43. The molecule has 2 N–H and O–H groups in total. The van der Waals surface area contributed by atoms with E-state index in [1.165, 1.54) is 0 Å². The molecule has 44 heavy (non-hydrogen) atoms. The largest absolute Gasteiger partial charge is 0.497 e. The summed E-state index contributed by atoms with van der Waals surface area (Å²) in [7, 11) is 3.19. The zero-order valence-electron chi connectivity index (χ0n) is 25.9. The molecule has 0 radical (unpaired) electrons. The van der Waals surface area contributed by atoms with Gasteiger partial charge in [0.25, 0.3) is 0 Å². The lowest BCUT2D eigenvalue weighted by atomic mass is 9.75. The Kier molecular flexibility index (Phi) is 9.85. The highest BCUT2D eigenvalue weighted by molar-refractivity contribution is 6.02. The number of Topliss-reactive ketones (excluding diaryl/α,β-unsaturated/α-hetero) is 1. The van der Waals surface area contributed by atoms with E-state index in [0.717, 1.165) is 23.1 Å². The van der Waals surface area contributed by atoms with E-state index in [1.807, 2.05) is 67.3 Å². The van der Waals surface area contributed by atoms with Crippen LogP contribution in [0.5, 0.6) is 11.5 Å². The van der Waals surface area contributed by atoms with E-state index in [4.69, 9.17) is 9.47 Å². The van der Waals surface area contributed by atoms with Crippen molar-refractivity contribution in [2.75, 3.05) is 46.9 Å². The molecule has 232 valence electrons. The average Bonchev–Trinajstić information content (AvgIpc) is 3.43. The Bertz CT molecular complexity index is 1440. The highest BCUT2D eigenvalue weighted by Gasteiger charge is 2.58. The molecule has 2 aliphatic heterocycles. The number of nitrogens with zero attached hydrogens (tertiary/aromatic N) is 2. The standard InChI is InChI=1S/C35H42N4O5/c1-5-18-37-35(42)39-31(25-8-6-23(2)7-9-25)30(33(40)26-12-16-28(44-4)17-13-26)29(24-10-14-27(43-3)15-11-24)32(39)34(41)38-21-19-36-20-22-38/h6-17,29-32,36H,5,18-22H2,1-4H3,(H,37,42). The van der Waals surface area contributed by atoms with Gasteiger partial charge >= 0.3 is 6.03 Å². The highest BCUT2D eigenvalue weighted by Crippen LogP contribution is 2.52. The van der Waals surface area contributed by atoms with Crippen molar-refractivity contribution in [1.29, 1.82) is 0 Å². The monoisotopic (exact) mass is 598 g/mol. The number of rotatable bonds is 9. The van der Waals surface area contributed by atoms with Crippen LogP contribution >= 0.6 is 0 Å². The Morgan fingerprint density at radius 1 is 0.841 bits per heavy atom. The third-order valence-corrected chi connectivity index (χ3v) is 8.71. The van der Waals surface area contributed by atoms with Crippen LogP contribution in [0.4, 0.5) is 4.79 Å². The third-order valence-electron chi connectivity index (χ3n) is 8.71. The van der Waals surface area contributed by atoms with Gasteiger partial charge in [-0.2, -0.15) is 0 Å². The number of ether oxygens (including phenoxy) is 2. The molecule has 0 saturated carbocycles. The third kappa shape index (κ3) is 6.28. The molecule has 9 nitrogen and oxygen atoms in total. The van der Waals surface area contributed by atoms with E-state index in [9.17, 15) is 14.4 Å². The van der Waals surface area contributed by atoms with Gasteiger partial charge in [-0.05, 0) is 60.9 Å². The van der Waals surface area contributed by atoms with Crippen LogP contribution in [0.15, 0.2) is 72.8 Å². The Hall–Kier alpha value is -4.37. The number of carbonyl (C=O) groups is 3. The number of carbonyl (C=O) groups excluding carboxylic acids is 3. The molecule has 3 aromatic carbocycles. The molecular formula is C35H42N4O5. The molecule has 2 aliphatic rings. The predicted octanol–water partition coefficient (Wildman–Crippen LogP) is 4.57. The van der Waals surface area contributed by atoms with Gasteiger partial charge in [-0.15, -0.1) is 0 Å². The van der Waals surface area contributed by atoms with E-state index in [-0.39, 0.29) is 17.7 Å². The summed E-state index contributed by atoms with van der Waals surface area (Å²) >= 11 is 0. The molecular weight excluding hydrogens is 556 g/mol. The molecule has 4 unspecified atom stereocenters. The minimum Gasteiger partial charge on any atom is -0.497 e. The summed E-state index contributed by atoms with van der Waals surface area (Å²) in [6.07, 6.45) is 0.737. The second-order valence-corrected chi connectivity index (χ2v) is 11.4. The van der Waals surface area contributed by atoms with Crippen LogP contribution in [0.3, 0.4) is 0 Å². The number of benzene rings is 3. The average molecular weight is 599 g/mol. The van der Waals surface area contributed by atoms with Gasteiger partial charge in [0.1, 0.15) is 17.5 Å². The number of hydrogen-bond donors (Lipinski definition) is 2. The second-order valence-electron chi connectivity index (χ2n) is 11.4. The van der Waals surface area contributed by atoms with Crippen molar-refractivity contribution < 1.29 is 23.9 Å². The maximum Gasteiger partial charge on any atom is 0.318 e. The van der Waals surface area contributed by atoms with Crippen molar-refractivity contribution in [2.45, 2.75) is 38.3 Å². The van der Waals surface area contributed by atoms with Gasteiger partial charge in [-0.1, -0.05) is 48.9 Å². The van der Waals surface area contributed by atoms with Crippen LogP contribution in [0.1, 0.15) is 52.4 Å².